The number of nitrogens with zero attached hydrogens (tertiary/aromatic N) is 8. The number of aromatic nitrogens is 6. The van der Waals surface area contributed by atoms with Gasteiger partial charge in [-0.3, -0.25) is 4.18 Å². The van der Waals surface area contributed by atoms with Gasteiger partial charge in [-0.1, -0.05) is 11.6 Å². The van der Waals surface area contributed by atoms with Gasteiger partial charge in [-0.2, -0.15) is 23.7 Å². The van der Waals surface area contributed by atoms with E-state index >= 15 is 0 Å². The number of β-amino-alcohol motifs (C(OH)–C–C–N with tert-alkyl or cyclic N) is 1. The SMILES string of the molecule is Cc1cnnc(Cl)c1.Cc1cnnc(N2CC[C@@H](OS(C)(=O)=O)C2)c1.Cc1cnnc(N2CC[C@H](O)C2)c1. The number of halogens is 1. The minimum absolute atomic E-state index is 0.206. The van der Waals surface area contributed by atoms with E-state index in [0.717, 1.165) is 54.1 Å². The van der Waals surface area contributed by atoms with Gasteiger partial charge in [0.15, 0.2) is 16.8 Å². The highest BCUT2D eigenvalue weighted by molar-refractivity contribution is 7.86. The Bertz CT molecular complexity index is 1280. The largest absolute Gasteiger partial charge is 0.391 e. The number of rotatable bonds is 4. The van der Waals surface area contributed by atoms with Crippen LogP contribution < -0.4 is 9.80 Å². The van der Waals surface area contributed by atoms with Gasteiger partial charge < -0.3 is 14.9 Å². The molecule has 2 aliphatic rings. The van der Waals surface area contributed by atoms with Crippen LogP contribution in [-0.4, -0.2) is 88.8 Å². The first kappa shape index (κ1) is 29.6. The maximum atomic E-state index is 11.0. The van der Waals surface area contributed by atoms with Crippen LogP contribution in [0.4, 0.5) is 11.6 Å². The lowest BCUT2D eigenvalue weighted by molar-refractivity contribution is 0.198. The molecule has 5 rings (SSSR count). The molecule has 3 aromatic rings. The standard InChI is InChI=1S/C10H15N3O3S.C9H13N3O.C5H5ClN2/c1-8-5-10(12-11-6-8)13-4-3-9(7-13)16-17(2,14)15;1-7-4-9(11-10-5-7)12-3-2-8(13)6-12;1-4-2-5(6)8-7-3-4/h5-6,9H,3-4,7H2,1-2H3;4-5,8,13H,2-3,6H2,1H3;2-3H,1H3/t9-;8-;/m10./s1. The molecule has 0 amide bonds. The first-order chi connectivity index (χ1) is 18.0. The molecule has 0 bridgehead atoms. The Morgan fingerprint density at radius 2 is 1.34 bits per heavy atom. The van der Waals surface area contributed by atoms with Crippen molar-refractivity contribution in [3.8, 4) is 0 Å². The van der Waals surface area contributed by atoms with Crippen molar-refractivity contribution in [2.75, 3.05) is 42.2 Å². The Labute approximate surface area is 228 Å². The molecule has 2 fully saturated rings. The minimum Gasteiger partial charge on any atom is -0.391 e. The molecule has 0 aromatic carbocycles. The van der Waals surface area contributed by atoms with Crippen LogP contribution in [0.5, 0.6) is 0 Å². The average Bonchev–Trinajstić information content (AvgIpc) is 3.48. The normalized spacial score (nSPS) is 18.9. The molecule has 0 aliphatic carbocycles. The lowest BCUT2D eigenvalue weighted by atomic mass is 10.3. The second-order valence-corrected chi connectivity index (χ2v) is 11.3. The zero-order chi connectivity index (χ0) is 27.7. The van der Waals surface area contributed by atoms with E-state index in [1.807, 2.05) is 37.8 Å². The Kier molecular flexibility index (Phi) is 10.6. The summed E-state index contributed by atoms with van der Waals surface area (Å²) in [7, 11) is -3.38. The molecule has 0 radical (unpaired) electrons. The second kappa shape index (κ2) is 13.7. The molecule has 0 unspecified atom stereocenters. The maximum absolute atomic E-state index is 11.0. The molecule has 0 spiro atoms. The molecule has 2 saturated heterocycles. The summed E-state index contributed by atoms with van der Waals surface area (Å²) in [6.07, 6.45) is 7.17. The van der Waals surface area contributed by atoms with Crippen LogP contribution in [0.2, 0.25) is 5.15 Å². The van der Waals surface area contributed by atoms with E-state index in [2.05, 4.69) is 35.5 Å². The molecule has 12 nitrogen and oxygen atoms in total. The van der Waals surface area contributed by atoms with E-state index in [9.17, 15) is 13.5 Å². The highest BCUT2D eigenvalue weighted by Crippen LogP contribution is 2.21. The molecule has 0 saturated carbocycles. The van der Waals surface area contributed by atoms with Crippen LogP contribution >= 0.6 is 11.6 Å². The van der Waals surface area contributed by atoms with Gasteiger partial charge in [-0.15, -0.1) is 15.3 Å². The van der Waals surface area contributed by atoms with Crippen molar-refractivity contribution in [3.05, 3.63) is 58.6 Å². The third-order valence-corrected chi connectivity index (χ3v) is 6.39. The Hall–Kier alpha value is -3.00. The number of hydrogen-bond donors (Lipinski definition) is 1. The summed E-state index contributed by atoms with van der Waals surface area (Å²) >= 11 is 5.47. The van der Waals surface area contributed by atoms with Crippen molar-refractivity contribution in [1.29, 1.82) is 0 Å². The summed E-state index contributed by atoms with van der Waals surface area (Å²) in [6, 6.07) is 5.68. The predicted molar refractivity (Wildman–Crippen MR) is 145 cm³/mol. The van der Waals surface area contributed by atoms with Crippen molar-refractivity contribution in [2.24, 2.45) is 0 Å². The van der Waals surface area contributed by atoms with Crippen molar-refractivity contribution in [1.82, 2.24) is 30.6 Å². The fourth-order valence-electron chi connectivity index (χ4n) is 3.85. The fraction of sp³-hybridized carbons (Fsp3) is 0.500. The van der Waals surface area contributed by atoms with Crippen molar-refractivity contribution < 1.29 is 17.7 Å². The van der Waals surface area contributed by atoms with Gasteiger partial charge in [0.25, 0.3) is 10.1 Å². The highest BCUT2D eigenvalue weighted by atomic mass is 35.5. The van der Waals surface area contributed by atoms with E-state index < -0.39 is 10.1 Å². The van der Waals surface area contributed by atoms with Gasteiger partial charge in [0, 0.05) is 26.2 Å². The summed E-state index contributed by atoms with van der Waals surface area (Å²) in [5.74, 6) is 1.64. The molecule has 5 heterocycles. The van der Waals surface area contributed by atoms with E-state index in [4.69, 9.17) is 15.8 Å². The number of aliphatic hydroxyl groups excluding tert-OH is 1. The van der Waals surface area contributed by atoms with Crippen LogP contribution in [-0.2, 0) is 14.3 Å². The zero-order valence-electron chi connectivity index (χ0n) is 21.9. The lowest BCUT2D eigenvalue weighted by Crippen LogP contribution is -2.25. The molecule has 38 heavy (non-hydrogen) atoms. The number of aryl methyl sites for hydroxylation is 3. The Morgan fingerprint density at radius 1 is 0.842 bits per heavy atom. The van der Waals surface area contributed by atoms with Crippen LogP contribution in [0.25, 0.3) is 0 Å². The predicted octanol–water partition coefficient (Wildman–Crippen LogP) is 2.13. The van der Waals surface area contributed by atoms with Gasteiger partial charge in [0.2, 0.25) is 0 Å². The molecule has 206 valence electrons. The molecular weight excluding hydrogens is 532 g/mol. The van der Waals surface area contributed by atoms with E-state index in [1.165, 1.54) is 0 Å². The second-order valence-electron chi connectivity index (χ2n) is 9.28. The maximum Gasteiger partial charge on any atom is 0.264 e. The summed E-state index contributed by atoms with van der Waals surface area (Å²) in [5.41, 5.74) is 3.17. The topological polar surface area (TPSA) is 147 Å². The Balaban J connectivity index is 0.000000168. The monoisotopic (exact) mass is 564 g/mol. The summed E-state index contributed by atoms with van der Waals surface area (Å²) < 4.78 is 27.0. The molecule has 3 aromatic heterocycles. The highest BCUT2D eigenvalue weighted by Gasteiger charge is 2.27. The lowest BCUT2D eigenvalue weighted by Gasteiger charge is -2.16. The van der Waals surface area contributed by atoms with E-state index in [1.54, 1.807) is 24.7 Å². The van der Waals surface area contributed by atoms with Crippen molar-refractivity contribution in [2.45, 2.75) is 45.8 Å². The third kappa shape index (κ3) is 10.0. The summed E-state index contributed by atoms with van der Waals surface area (Å²) in [4.78, 5) is 4.04. The van der Waals surface area contributed by atoms with Crippen LogP contribution in [0, 0.1) is 20.8 Å². The molecule has 2 aliphatic heterocycles. The third-order valence-electron chi connectivity index (χ3n) is 5.59. The van der Waals surface area contributed by atoms with E-state index in [-0.39, 0.29) is 12.2 Å². The van der Waals surface area contributed by atoms with Gasteiger partial charge in [0.05, 0.1) is 37.1 Å². The fourth-order valence-corrected chi connectivity index (χ4v) is 4.72. The van der Waals surface area contributed by atoms with Crippen LogP contribution in [0.1, 0.15) is 29.5 Å². The average molecular weight is 565 g/mol. The smallest absolute Gasteiger partial charge is 0.264 e. The van der Waals surface area contributed by atoms with Crippen molar-refractivity contribution in [3.63, 3.8) is 0 Å². The van der Waals surface area contributed by atoms with Gasteiger partial charge in [-0.05, 0) is 68.5 Å². The number of anilines is 2. The van der Waals surface area contributed by atoms with Gasteiger partial charge >= 0.3 is 0 Å². The van der Waals surface area contributed by atoms with Gasteiger partial charge in [-0.25, -0.2) is 0 Å². The first-order valence-electron chi connectivity index (χ1n) is 12.1. The van der Waals surface area contributed by atoms with E-state index in [0.29, 0.717) is 24.7 Å². The Morgan fingerprint density at radius 3 is 1.76 bits per heavy atom. The van der Waals surface area contributed by atoms with Crippen LogP contribution in [0.15, 0.2) is 36.8 Å². The molecule has 1 N–H and O–H groups in total. The van der Waals surface area contributed by atoms with Gasteiger partial charge in [0.1, 0.15) is 0 Å². The first-order valence-corrected chi connectivity index (χ1v) is 14.3. The summed E-state index contributed by atoms with van der Waals surface area (Å²) in [5, 5.41) is 32.7. The molecule has 14 heteroatoms. The zero-order valence-corrected chi connectivity index (χ0v) is 23.5. The van der Waals surface area contributed by atoms with Crippen molar-refractivity contribution >= 4 is 33.4 Å². The molecular formula is C24H33ClN8O4S. The number of hydrogen-bond acceptors (Lipinski definition) is 12. The molecule has 2 atom stereocenters. The van der Waals surface area contributed by atoms with Crippen LogP contribution in [0.3, 0.4) is 0 Å². The quantitative estimate of drug-likeness (QED) is 0.463. The summed E-state index contributed by atoms with van der Waals surface area (Å²) in [6.45, 7) is 8.67. The number of aliphatic hydroxyl groups is 1. The minimum atomic E-state index is -3.38.